The molecule has 7 heteroatoms. The Morgan fingerprint density at radius 1 is 1.52 bits per heavy atom. The molecule has 0 saturated carbocycles. The molecule has 0 aromatic heterocycles. The third kappa shape index (κ3) is 5.89. The van der Waals surface area contributed by atoms with Crippen molar-refractivity contribution in [2.45, 2.75) is 31.9 Å². The third-order valence-corrected chi connectivity index (χ3v) is 3.57. The fourth-order valence-electron chi connectivity index (χ4n) is 2.27. The van der Waals surface area contributed by atoms with Crippen LogP contribution >= 0.6 is 11.6 Å². The van der Waals surface area contributed by atoms with E-state index in [1.54, 1.807) is 18.2 Å². The number of halogens is 1. The van der Waals surface area contributed by atoms with Gasteiger partial charge in [0, 0.05) is 24.5 Å². The molecular weight excluding hydrogens is 318 g/mol. The average molecular weight is 338 g/mol. The van der Waals surface area contributed by atoms with Crippen molar-refractivity contribution in [2.24, 2.45) is 0 Å². The summed E-state index contributed by atoms with van der Waals surface area (Å²) in [6.45, 7) is 5.70. The summed E-state index contributed by atoms with van der Waals surface area (Å²) < 4.78 is 0. The van der Waals surface area contributed by atoms with Gasteiger partial charge in [0.05, 0.1) is 12.2 Å². The Morgan fingerprint density at radius 2 is 2.22 bits per heavy atom. The summed E-state index contributed by atoms with van der Waals surface area (Å²) in [4.78, 5) is 25.4. The Hall–Kier alpha value is -2.10. The Labute approximate surface area is 140 Å². The van der Waals surface area contributed by atoms with Crippen molar-refractivity contribution in [3.63, 3.8) is 0 Å². The summed E-state index contributed by atoms with van der Waals surface area (Å²) in [6, 6.07) is 1.01. The van der Waals surface area contributed by atoms with Gasteiger partial charge in [-0.15, -0.1) is 0 Å². The number of aliphatic hydroxyl groups is 1. The molecule has 1 aliphatic rings. The highest BCUT2D eigenvalue weighted by atomic mass is 35.5. The van der Waals surface area contributed by atoms with E-state index < -0.39 is 18.1 Å². The van der Waals surface area contributed by atoms with Crippen LogP contribution in [0.5, 0.6) is 0 Å². The number of aliphatic hydroxyl groups excluding tert-OH is 1. The lowest BCUT2D eigenvalue weighted by Crippen LogP contribution is -2.46. The van der Waals surface area contributed by atoms with Gasteiger partial charge < -0.3 is 15.3 Å². The maximum absolute atomic E-state index is 12.3. The molecule has 2 atom stereocenters. The molecule has 1 saturated heterocycles. The van der Waals surface area contributed by atoms with Crippen molar-refractivity contribution in [3.05, 3.63) is 35.4 Å². The monoisotopic (exact) mass is 337 g/mol. The average Bonchev–Trinajstić information content (AvgIpc) is 2.89. The lowest BCUT2D eigenvalue weighted by molar-refractivity contribution is -0.137. The lowest BCUT2D eigenvalue weighted by atomic mass is 10.1. The van der Waals surface area contributed by atoms with Gasteiger partial charge in [-0.05, 0) is 18.6 Å². The zero-order valence-electron chi connectivity index (χ0n) is 13.0. The van der Waals surface area contributed by atoms with E-state index in [0.717, 1.165) is 5.57 Å². The van der Waals surface area contributed by atoms with E-state index in [9.17, 15) is 14.7 Å². The molecule has 0 aromatic carbocycles. The van der Waals surface area contributed by atoms with Crippen molar-refractivity contribution >= 4 is 23.4 Å². The summed E-state index contributed by atoms with van der Waals surface area (Å²) in [5, 5.41) is 21.4. The van der Waals surface area contributed by atoms with Crippen LogP contribution in [-0.2, 0) is 9.59 Å². The summed E-state index contributed by atoms with van der Waals surface area (Å²) in [6.07, 6.45) is 4.27. The number of amides is 2. The van der Waals surface area contributed by atoms with Crippen LogP contribution in [0.25, 0.3) is 0 Å². The first kappa shape index (κ1) is 18.9. The van der Waals surface area contributed by atoms with Gasteiger partial charge in [-0.2, -0.15) is 5.26 Å². The van der Waals surface area contributed by atoms with Crippen molar-refractivity contribution in [2.75, 3.05) is 13.1 Å². The number of β-amino-alcohol motifs (C(OH)–C–C–N with tert-alkyl or cyclic N) is 1. The number of hydrogen-bond acceptors (Lipinski definition) is 4. The molecule has 1 aliphatic heterocycles. The topological polar surface area (TPSA) is 93.4 Å². The van der Waals surface area contributed by atoms with Gasteiger partial charge in [-0.3, -0.25) is 9.59 Å². The normalized spacial score (nSPS) is 21.3. The molecule has 0 spiro atoms. The number of nitriles is 1. The van der Waals surface area contributed by atoms with Crippen molar-refractivity contribution in [1.82, 2.24) is 10.2 Å². The van der Waals surface area contributed by atoms with Gasteiger partial charge in [0.1, 0.15) is 12.5 Å². The highest BCUT2D eigenvalue weighted by Crippen LogP contribution is 2.19. The van der Waals surface area contributed by atoms with Crippen molar-refractivity contribution in [3.8, 4) is 6.07 Å². The summed E-state index contributed by atoms with van der Waals surface area (Å²) in [7, 11) is 0. The van der Waals surface area contributed by atoms with E-state index in [0.29, 0.717) is 5.03 Å². The molecule has 1 rings (SSSR count). The number of hydrogen-bond donors (Lipinski definition) is 2. The minimum absolute atomic E-state index is 0.0705. The molecule has 2 unspecified atom stereocenters. The van der Waals surface area contributed by atoms with Crippen LogP contribution in [0.3, 0.4) is 0 Å². The fourth-order valence-corrected chi connectivity index (χ4v) is 2.33. The Bertz CT molecular complexity index is 578. The largest absolute Gasteiger partial charge is 0.391 e. The first-order valence-electron chi connectivity index (χ1n) is 7.18. The number of allylic oxidation sites excluding steroid dienone is 3. The number of nitrogens with zero attached hydrogens (tertiary/aromatic N) is 2. The lowest BCUT2D eigenvalue weighted by Gasteiger charge is -2.22. The standard InChI is InChI=1S/C16H20ClN3O3/c1-3-12(5-4-11(2)17)9-19-16(23)14-8-13(21)10-20(14)15(22)6-7-18/h3-5,13-14,21H,2,6,8-10H2,1H3,(H,19,23). The van der Waals surface area contributed by atoms with Crippen LogP contribution in [0.2, 0.25) is 0 Å². The summed E-state index contributed by atoms with van der Waals surface area (Å²) in [5.74, 6) is -0.806. The second-order valence-corrected chi connectivity index (χ2v) is 5.63. The van der Waals surface area contributed by atoms with Gasteiger partial charge in [0.2, 0.25) is 11.8 Å². The molecule has 1 heterocycles. The zero-order chi connectivity index (χ0) is 17.4. The van der Waals surface area contributed by atoms with E-state index >= 15 is 0 Å². The number of nitrogens with one attached hydrogen (secondary N) is 1. The predicted molar refractivity (Wildman–Crippen MR) is 87.3 cm³/mol. The highest BCUT2D eigenvalue weighted by Gasteiger charge is 2.38. The van der Waals surface area contributed by atoms with Crippen LogP contribution in [-0.4, -0.2) is 47.1 Å². The van der Waals surface area contributed by atoms with Crippen molar-refractivity contribution in [1.29, 1.82) is 5.26 Å². The third-order valence-electron chi connectivity index (χ3n) is 3.45. The van der Waals surface area contributed by atoms with Gasteiger partial charge in [0.25, 0.3) is 0 Å². The number of likely N-dealkylation sites (tertiary alicyclic amines) is 1. The van der Waals surface area contributed by atoms with E-state index in [2.05, 4.69) is 11.9 Å². The molecule has 6 nitrogen and oxygen atoms in total. The molecule has 1 fully saturated rings. The molecule has 0 radical (unpaired) electrons. The Kier molecular flexibility index (Phi) is 7.52. The first-order valence-corrected chi connectivity index (χ1v) is 7.56. The smallest absolute Gasteiger partial charge is 0.243 e. The second kappa shape index (κ2) is 9.13. The van der Waals surface area contributed by atoms with Crippen LogP contribution in [0.15, 0.2) is 35.4 Å². The minimum Gasteiger partial charge on any atom is -0.391 e. The van der Waals surface area contributed by atoms with Crippen molar-refractivity contribution < 1.29 is 14.7 Å². The van der Waals surface area contributed by atoms with Gasteiger partial charge >= 0.3 is 0 Å². The van der Waals surface area contributed by atoms with Gasteiger partial charge in [0.15, 0.2) is 0 Å². The predicted octanol–water partition coefficient (Wildman–Crippen LogP) is 1.23. The molecule has 0 aromatic rings. The van der Waals surface area contributed by atoms with E-state index in [1.165, 1.54) is 4.90 Å². The molecular formula is C16H20ClN3O3. The van der Waals surface area contributed by atoms with Gasteiger partial charge in [-0.25, -0.2) is 0 Å². The van der Waals surface area contributed by atoms with Crippen LogP contribution < -0.4 is 5.32 Å². The SMILES string of the molecule is C=C(Cl)C=CC(=CC)CNC(=O)C1CC(O)CN1C(=O)CC#N. The number of carbonyl (C=O) groups excluding carboxylic acids is 2. The Balaban J connectivity index is 2.67. The van der Waals surface area contributed by atoms with E-state index in [1.807, 2.05) is 13.0 Å². The Morgan fingerprint density at radius 3 is 2.78 bits per heavy atom. The summed E-state index contributed by atoms with van der Waals surface area (Å²) in [5.41, 5.74) is 0.827. The molecule has 0 bridgehead atoms. The zero-order valence-corrected chi connectivity index (χ0v) is 13.7. The highest BCUT2D eigenvalue weighted by molar-refractivity contribution is 6.30. The maximum atomic E-state index is 12.3. The first-order chi connectivity index (χ1) is 10.9. The molecule has 23 heavy (non-hydrogen) atoms. The van der Waals surface area contributed by atoms with Crippen LogP contribution in [0, 0.1) is 11.3 Å². The van der Waals surface area contributed by atoms with E-state index in [-0.39, 0.29) is 31.8 Å². The summed E-state index contributed by atoms with van der Waals surface area (Å²) >= 11 is 5.65. The quantitative estimate of drug-likeness (QED) is 0.713. The fraction of sp³-hybridized carbons (Fsp3) is 0.438. The number of carbonyl (C=O) groups is 2. The number of rotatable bonds is 6. The molecule has 2 N–H and O–H groups in total. The maximum Gasteiger partial charge on any atom is 0.243 e. The molecule has 0 aliphatic carbocycles. The van der Waals surface area contributed by atoms with E-state index in [4.69, 9.17) is 16.9 Å². The second-order valence-electron chi connectivity index (χ2n) is 5.15. The van der Waals surface area contributed by atoms with Crippen LogP contribution in [0.4, 0.5) is 0 Å². The molecule has 124 valence electrons. The molecule has 2 amide bonds. The van der Waals surface area contributed by atoms with Crippen LogP contribution in [0.1, 0.15) is 19.8 Å². The minimum atomic E-state index is -0.756. The van der Waals surface area contributed by atoms with Gasteiger partial charge in [-0.1, -0.05) is 30.3 Å².